The molecule has 1 aromatic carbocycles. The third kappa shape index (κ3) is 4.95. The lowest BCUT2D eigenvalue weighted by atomic mass is 10.1. The molecule has 0 radical (unpaired) electrons. The van der Waals surface area contributed by atoms with Gasteiger partial charge in [-0.3, -0.25) is 9.59 Å². The molecule has 0 aliphatic carbocycles. The summed E-state index contributed by atoms with van der Waals surface area (Å²) < 4.78 is 10.4. The summed E-state index contributed by atoms with van der Waals surface area (Å²) in [6.45, 7) is 5.61. The summed E-state index contributed by atoms with van der Waals surface area (Å²) in [6.07, 6.45) is 0. The van der Waals surface area contributed by atoms with Crippen LogP contribution in [-0.2, 0) is 0 Å². The van der Waals surface area contributed by atoms with Crippen molar-refractivity contribution in [3.8, 4) is 11.5 Å². The van der Waals surface area contributed by atoms with Gasteiger partial charge in [-0.25, -0.2) is 4.98 Å². The van der Waals surface area contributed by atoms with Gasteiger partial charge in [-0.05, 0) is 45.0 Å². The maximum atomic E-state index is 12.5. The van der Waals surface area contributed by atoms with Crippen molar-refractivity contribution in [1.29, 1.82) is 0 Å². The molecule has 2 aromatic rings. The van der Waals surface area contributed by atoms with E-state index in [2.05, 4.69) is 15.6 Å². The average Bonchev–Trinajstić information content (AvgIpc) is 2.60. The molecule has 138 valence electrons. The zero-order valence-electron chi connectivity index (χ0n) is 15.5. The minimum Gasteiger partial charge on any atom is -0.497 e. The number of hydrogen-bond acceptors (Lipinski definition) is 5. The highest BCUT2D eigenvalue weighted by Gasteiger charge is 2.18. The molecule has 0 saturated heterocycles. The van der Waals surface area contributed by atoms with Gasteiger partial charge in [-0.2, -0.15) is 0 Å². The van der Waals surface area contributed by atoms with Gasteiger partial charge in [0, 0.05) is 11.6 Å². The first-order valence-corrected chi connectivity index (χ1v) is 8.06. The molecule has 2 rings (SSSR count). The molecule has 0 fully saturated rings. The van der Waals surface area contributed by atoms with Crippen molar-refractivity contribution in [2.75, 3.05) is 19.5 Å². The Morgan fingerprint density at radius 2 is 1.62 bits per heavy atom. The third-order valence-electron chi connectivity index (χ3n) is 3.36. The number of anilines is 1. The quantitative estimate of drug-likeness (QED) is 0.859. The highest BCUT2D eigenvalue weighted by atomic mass is 16.5. The van der Waals surface area contributed by atoms with Gasteiger partial charge in [0.25, 0.3) is 11.8 Å². The largest absolute Gasteiger partial charge is 0.497 e. The molecular weight excluding hydrogens is 334 g/mol. The number of benzene rings is 1. The van der Waals surface area contributed by atoms with Gasteiger partial charge in [-0.1, -0.05) is 6.07 Å². The lowest BCUT2D eigenvalue weighted by molar-refractivity contribution is 0.0914. The normalized spacial score (nSPS) is 10.8. The maximum absolute atomic E-state index is 12.5. The molecule has 2 amide bonds. The summed E-state index contributed by atoms with van der Waals surface area (Å²) in [7, 11) is 3.04. The van der Waals surface area contributed by atoms with E-state index in [-0.39, 0.29) is 17.3 Å². The summed E-state index contributed by atoms with van der Waals surface area (Å²) in [4.78, 5) is 28.9. The van der Waals surface area contributed by atoms with Crippen LogP contribution in [0.2, 0.25) is 0 Å². The molecule has 0 atom stereocenters. The molecule has 0 spiro atoms. The molecule has 0 bridgehead atoms. The summed E-state index contributed by atoms with van der Waals surface area (Å²) >= 11 is 0. The molecule has 26 heavy (non-hydrogen) atoms. The molecule has 0 aliphatic rings. The molecule has 0 saturated carbocycles. The number of carbonyl (C=O) groups is 2. The van der Waals surface area contributed by atoms with Crippen LogP contribution in [0.3, 0.4) is 0 Å². The molecule has 1 aromatic heterocycles. The van der Waals surface area contributed by atoms with Crippen LogP contribution in [0.5, 0.6) is 11.5 Å². The van der Waals surface area contributed by atoms with Gasteiger partial charge in [-0.15, -0.1) is 0 Å². The van der Waals surface area contributed by atoms with Crippen molar-refractivity contribution in [3.63, 3.8) is 0 Å². The van der Waals surface area contributed by atoms with E-state index in [1.165, 1.54) is 20.3 Å². The van der Waals surface area contributed by atoms with E-state index >= 15 is 0 Å². The van der Waals surface area contributed by atoms with Crippen molar-refractivity contribution in [3.05, 3.63) is 47.8 Å². The summed E-state index contributed by atoms with van der Waals surface area (Å²) in [5, 5.41) is 5.54. The van der Waals surface area contributed by atoms with Gasteiger partial charge in [0.1, 0.15) is 22.9 Å². The fourth-order valence-corrected chi connectivity index (χ4v) is 2.19. The molecule has 1 heterocycles. The van der Waals surface area contributed by atoms with Gasteiger partial charge < -0.3 is 20.1 Å². The molecular formula is C19H23N3O4. The first kappa shape index (κ1) is 19.2. The monoisotopic (exact) mass is 357 g/mol. The summed E-state index contributed by atoms with van der Waals surface area (Å²) in [5.41, 5.74) is 0.343. The van der Waals surface area contributed by atoms with E-state index in [1.54, 1.807) is 30.3 Å². The first-order chi connectivity index (χ1) is 12.2. The van der Waals surface area contributed by atoms with Crippen LogP contribution in [0.15, 0.2) is 36.4 Å². The summed E-state index contributed by atoms with van der Waals surface area (Å²) in [6, 6.07) is 9.77. The number of hydrogen-bond donors (Lipinski definition) is 2. The Bertz CT molecular complexity index is 813. The highest BCUT2D eigenvalue weighted by molar-refractivity contribution is 6.04. The average molecular weight is 357 g/mol. The lowest BCUT2D eigenvalue weighted by Crippen LogP contribution is -2.41. The number of pyridine rings is 1. The van der Waals surface area contributed by atoms with Gasteiger partial charge >= 0.3 is 0 Å². The van der Waals surface area contributed by atoms with Crippen LogP contribution in [-0.4, -0.2) is 36.6 Å². The second kappa shape index (κ2) is 7.86. The van der Waals surface area contributed by atoms with E-state index in [4.69, 9.17) is 9.47 Å². The molecule has 7 heteroatoms. The third-order valence-corrected chi connectivity index (χ3v) is 3.36. The van der Waals surface area contributed by atoms with E-state index in [9.17, 15) is 9.59 Å². The molecule has 0 unspecified atom stereocenters. The molecule has 7 nitrogen and oxygen atoms in total. The fourth-order valence-electron chi connectivity index (χ4n) is 2.19. The number of nitrogens with one attached hydrogen (secondary N) is 2. The predicted molar refractivity (Wildman–Crippen MR) is 99.0 cm³/mol. The molecule has 2 N–H and O–H groups in total. The van der Waals surface area contributed by atoms with Crippen LogP contribution in [0.1, 0.15) is 41.7 Å². The number of nitrogens with zero attached hydrogens (tertiary/aromatic N) is 1. The molecule has 0 aliphatic heterocycles. The van der Waals surface area contributed by atoms with E-state index in [0.717, 1.165) is 0 Å². The Balaban J connectivity index is 2.23. The second-order valence-electron chi connectivity index (χ2n) is 6.63. The Hall–Kier alpha value is -3.09. The van der Waals surface area contributed by atoms with E-state index in [0.29, 0.717) is 17.2 Å². The van der Waals surface area contributed by atoms with E-state index < -0.39 is 11.4 Å². The number of methoxy groups -OCH3 is 2. The predicted octanol–water partition coefficient (Wildman–Crippen LogP) is 2.88. The number of aromatic nitrogens is 1. The van der Waals surface area contributed by atoms with Crippen molar-refractivity contribution < 1.29 is 19.1 Å². The van der Waals surface area contributed by atoms with E-state index in [1.807, 2.05) is 20.8 Å². The number of amides is 2. The van der Waals surface area contributed by atoms with Gasteiger partial charge in [0.2, 0.25) is 0 Å². The number of carbonyl (C=O) groups excluding carboxylic acids is 2. The van der Waals surface area contributed by atoms with Crippen LogP contribution in [0, 0.1) is 0 Å². The van der Waals surface area contributed by atoms with Crippen LogP contribution in [0.25, 0.3) is 0 Å². The van der Waals surface area contributed by atoms with Crippen molar-refractivity contribution in [2.45, 2.75) is 26.3 Å². The Morgan fingerprint density at radius 3 is 2.19 bits per heavy atom. The maximum Gasteiger partial charge on any atom is 0.274 e. The zero-order chi connectivity index (χ0) is 19.3. The Labute approximate surface area is 152 Å². The Morgan fingerprint density at radius 1 is 0.962 bits per heavy atom. The van der Waals surface area contributed by atoms with Gasteiger partial charge in [0.15, 0.2) is 0 Å². The SMILES string of the molecule is COc1ccc(OC)c(NC(=O)c2cccc(C(=O)NC(C)(C)C)n2)c1. The van der Waals surface area contributed by atoms with Crippen molar-refractivity contribution in [1.82, 2.24) is 10.3 Å². The van der Waals surface area contributed by atoms with Crippen molar-refractivity contribution in [2.24, 2.45) is 0 Å². The standard InChI is InChI=1S/C19H23N3O4/c1-19(2,3)22-18(24)14-8-6-7-13(20-14)17(23)21-15-11-12(25-4)9-10-16(15)26-5/h6-11H,1-5H3,(H,21,23)(H,22,24). The zero-order valence-corrected chi connectivity index (χ0v) is 15.5. The lowest BCUT2D eigenvalue weighted by Gasteiger charge is -2.20. The first-order valence-electron chi connectivity index (χ1n) is 8.06. The minimum atomic E-state index is -0.457. The minimum absolute atomic E-state index is 0.122. The summed E-state index contributed by atoms with van der Waals surface area (Å²) in [5.74, 6) is 0.265. The second-order valence-corrected chi connectivity index (χ2v) is 6.63. The topological polar surface area (TPSA) is 89.5 Å². The fraction of sp³-hybridized carbons (Fsp3) is 0.316. The number of ether oxygens (including phenoxy) is 2. The Kier molecular flexibility index (Phi) is 5.82. The van der Waals surface area contributed by atoms with Crippen LogP contribution >= 0.6 is 0 Å². The smallest absolute Gasteiger partial charge is 0.274 e. The highest BCUT2D eigenvalue weighted by Crippen LogP contribution is 2.29. The number of rotatable bonds is 5. The van der Waals surface area contributed by atoms with Crippen LogP contribution in [0.4, 0.5) is 5.69 Å². The van der Waals surface area contributed by atoms with Crippen molar-refractivity contribution >= 4 is 17.5 Å². The van der Waals surface area contributed by atoms with Gasteiger partial charge in [0.05, 0.1) is 19.9 Å². The van der Waals surface area contributed by atoms with Crippen LogP contribution < -0.4 is 20.1 Å².